The van der Waals surface area contributed by atoms with Crippen LogP contribution in [0.4, 0.5) is 5.69 Å². The molecule has 1 aliphatic heterocycles. The van der Waals surface area contributed by atoms with Gasteiger partial charge in [-0.25, -0.2) is 4.98 Å². The van der Waals surface area contributed by atoms with Crippen molar-refractivity contribution in [2.75, 3.05) is 4.90 Å². The molecule has 1 saturated heterocycles. The fourth-order valence-electron chi connectivity index (χ4n) is 4.70. The van der Waals surface area contributed by atoms with E-state index in [4.69, 9.17) is 23.8 Å². The van der Waals surface area contributed by atoms with E-state index in [1.54, 1.807) is 24.4 Å². The Labute approximate surface area is 208 Å². The van der Waals surface area contributed by atoms with Crippen LogP contribution in [0.25, 0.3) is 5.82 Å². The van der Waals surface area contributed by atoms with Crippen LogP contribution in [-0.2, 0) is 0 Å². The number of halogens is 1. The van der Waals surface area contributed by atoms with Crippen molar-refractivity contribution in [3.63, 3.8) is 0 Å². The molecule has 2 atom stereocenters. The number of rotatable bonds is 4. The summed E-state index contributed by atoms with van der Waals surface area (Å²) in [5, 5.41) is 15.2. The van der Waals surface area contributed by atoms with E-state index >= 15 is 0 Å². The quantitative estimate of drug-likeness (QED) is 0.357. The van der Waals surface area contributed by atoms with Gasteiger partial charge < -0.3 is 19.9 Å². The number of thiocarbonyl (C=S) groups is 1. The van der Waals surface area contributed by atoms with Crippen molar-refractivity contribution in [3.8, 4) is 11.6 Å². The highest BCUT2D eigenvalue weighted by molar-refractivity contribution is 7.80. The number of hydrogen-bond donors (Lipinski definition) is 2. The Morgan fingerprint density at radius 3 is 2.56 bits per heavy atom. The van der Waals surface area contributed by atoms with Gasteiger partial charge in [0.05, 0.1) is 23.5 Å². The molecule has 4 aromatic rings. The summed E-state index contributed by atoms with van der Waals surface area (Å²) in [6.45, 7) is 6.21. The minimum atomic E-state index is -0.267. The van der Waals surface area contributed by atoms with Gasteiger partial charge in [-0.2, -0.15) is 0 Å². The summed E-state index contributed by atoms with van der Waals surface area (Å²) in [7, 11) is 0. The van der Waals surface area contributed by atoms with Crippen molar-refractivity contribution < 1.29 is 5.11 Å². The van der Waals surface area contributed by atoms with Crippen molar-refractivity contribution in [1.29, 1.82) is 0 Å². The third-order valence-electron chi connectivity index (χ3n) is 6.21. The zero-order valence-corrected chi connectivity index (χ0v) is 20.6. The van der Waals surface area contributed by atoms with Crippen LogP contribution in [-0.4, -0.2) is 24.8 Å². The van der Waals surface area contributed by atoms with Crippen LogP contribution in [0.5, 0.6) is 5.75 Å². The maximum Gasteiger partial charge on any atom is 0.174 e. The van der Waals surface area contributed by atoms with Gasteiger partial charge in [0.25, 0.3) is 0 Å². The van der Waals surface area contributed by atoms with Crippen LogP contribution in [0.3, 0.4) is 0 Å². The first-order valence-corrected chi connectivity index (χ1v) is 11.7. The molecule has 5 rings (SSSR count). The fourth-order valence-corrected chi connectivity index (χ4v) is 5.21. The summed E-state index contributed by atoms with van der Waals surface area (Å²) in [6, 6.07) is 16.5. The van der Waals surface area contributed by atoms with E-state index in [-0.39, 0.29) is 17.8 Å². The van der Waals surface area contributed by atoms with Gasteiger partial charge >= 0.3 is 0 Å². The number of phenols is 1. The van der Waals surface area contributed by atoms with Crippen LogP contribution < -0.4 is 10.2 Å². The first-order chi connectivity index (χ1) is 16.3. The van der Waals surface area contributed by atoms with Gasteiger partial charge in [-0.05, 0) is 92.6 Å². The molecule has 4 heterocycles. The van der Waals surface area contributed by atoms with Crippen molar-refractivity contribution in [2.45, 2.75) is 32.9 Å². The lowest BCUT2D eigenvalue weighted by Gasteiger charge is -2.28. The number of nitrogens with zero attached hydrogens (tertiary/aromatic N) is 4. The van der Waals surface area contributed by atoms with E-state index in [1.165, 1.54) is 0 Å². The Kier molecular flexibility index (Phi) is 5.75. The molecule has 0 amide bonds. The molecule has 6 nitrogen and oxygen atoms in total. The number of anilines is 1. The molecule has 1 aromatic carbocycles. The number of aryl methyl sites for hydroxylation is 2. The average Bonchev–Trinajstić information content (AvgIpc) is 3.31. The minimum absolute atomic E-state index is 0.106. The second kappa shape index (κ2) is 8.74. The fraction of sp³-hybridized carbons (Fsp3) is 0.192. The van der Waals surface area contributed by atoms with E-state index in [0.717, 1.165) is 34.0 Å². The number of nitrogens with one attached hydrogen (secondary N) is 1. The minimum Gasteiger partial charge on any atom is -0.506 e. The first-order valence-electron chi connectivity index (χ1n) is 11.0. The summed E-state index contributed by atoms with van der Waals surface area (Å²) in [5.74, 6) is 0.968. The Hall–Kier alpha value is -3.42. The molecule has 3 aromatic heterocycles. The second-order valence-corrected chi connectivity index (χ2v) is 9.31. The maximum atomic E-state index is 10.8. The predicted octanol–water partition coefficient (Wildman–Crippen LogP) is 5.73. The second-order valence-electron chi connectivity index (χ2n) is 8.48. The van der Waals surface area contributed by atoms with Crippen LogP contribution in [0.15, 0.2) is 67.0 Å². The van der Waals surface area contributed by atoms with Crippen molar-refractivity contribution >= 4 is 34.6 Å². The van der Waals surface area contributed by atoms with Crippen LogP contribution in [0, 0.1) is 20.8 Å². The molecular weight excluding hydrogens is 466 g/mol. The largest absolute Gasteiger partial charge is 0.506 e. The van der Waals surface area contributed by atoms with E-state index < -0.39 is 0 Å². The summed E-state index contributed by atoms with van der Waals surface area (Å²) in [4.78, 5) is 11.2. The van der Waals surface area contributed by atoms with Crippen LogP contribution >= 0.6 is 23.8 Å². The van der Waals surface area contributed by atoms with Crippen molar-refractivity contribution in [3.05, 3.63) is 100 Å². The number of phenolic OH excluding ortho intramolecular Hbond substituents is 1. The molecule has 0 saturated carbocycles. The number of pyridine rings is 2. The normalized spacial score (nSPS) is 17.8. The Morgan fingerprint density at radius 2 is 1.82 bits per heavy atom. The van der Waals surface area contributed by atoms with Crippen LogP contribution in [0.1, 0.15) is 40.3 Å². The third kappa shape index (κ3) is 3.81. The van der Waals surface area contributed by atoms with Gasteiger partial charge in [0.1, 0.15) is 11.6 Å². The molecule has 172 valence electrons. The topological polar surface area (TPSA) is 66.2 Å². The van der Waals surface area contributed by atoms with Gasteiger partial charge in [-0.3, -0.25) is 4.98 Å². The number of benzene rings is 1. The lowest BCUT2D eigenvalue weighted by molar-refractivity contribution is 0.472. The molecule has 0 bridgehead atoms. The van der Waals surface area contributed by atoms with E-state index in [1.807, 2.05) is 35.4 Å². The molecule has 0 spiro atoms. The zero-order valence-electron chi connectivity index (χ0n) is 19.0. The zero-order chi connectivity index (χ0) is 24.0. The van der Waals surface area contributed by atoms with E-state index in [9.17, 15) is 5.11 Å². The third-order valence-corrected chi connectivity index (χ3v) is 6.76. The Bertz CT molecular complexity index is 1390. The lowest BCUT2D eigenvalue weighted by Crippen LogP contribution is -2.29. The molecule has 2 N–H and O–H groups in total. The molecular formula is C26H24ClN5OS. The highest BCUT2D eigenvalue weighted by Crippen LogP contribution is 2.46. The molecule has 1 aliphatic rings. The Balaban J connectivity index is 1.71. The smallest absolute Gasteiger partial charge is 0.174 e. The maximum absolute atomic E-state index is 10.8. The monoisotopic (exact) mass is 489 g/mol. The van der Waals surface area contributed by atoms with E-state index in [0.29, 0.717) is 15.8 Å². The number of hydrogen-bond acceptors (Lipinski definition) is 4. The highest BCUT2D eigenvalue weighted by atomic mass is 35.5. The van der Waals surface area contributed by atoms with Gasteiger partial charge in [0, 0.05) is 28.8 Å². The Morgan fingerprint density at radius 1 is 1.00 bits per heavy atom. The average molecular weight is 490 g/mol. The van der Waals surface area contributed by atoms with E-state index in [2.05, 4.69) is 52.8 Å². The van der Waals surface area contributed by atoms with Gasteiger partial charge in [0.15, 0.2) is 5.11 Å². The molecule has 2 unspecified atom stereocenters. The summed E-state index contributed by atoms with van der Waals surface area (Å²) in [6.07, 6.45) is 3.60. The van der Waals surface area contributed by atoms with Crippen molar-refractivity contribution in [2.24, 2.45) is 0 Å². The number of aromatic hydroxyl groups is 1. The van der Waals surface area contributed by atoms with Gasteiger partial charge in [-0.15, -0.1) is 0 Å². The number of aromatic nitrogens is 3. The highest BCUT2D eigenvalue weighted by Gasteiger charge is 2.43. The van der Waals surface area contributed by atoms with Gasteiger partial charge in [-0.1, -0.05) is 17.7 Å². The summed E-state index contributed by atoms with van der Waals surface area (Å²) < 4.78 is 2.15. The molecule has 34 heavy (non-hydrogen) atoms. The molecule has 0 radical (unpaired) electrons. The first kappa shape index (κ1) is 22.4. The summed E-state index contributed by atoms with van der Waals surface area (Å²) >= 11 is 12.1. The molecule has 8 heteroatoms. The predicted molar refractivity (Wildman–Crippen MR) is 139 cm³/mol. The lowest BCUT2D eigenvalue weighted by atomic mass is 9.96. The molecule has 1 fully saturated rings. The van der Waals surface area contributed by atoms with Crippen molar-refractivity contribution in [1.82, 2.24) is 19.9 Å². The van der Waals surface area contributed by atoms with Crippen LogP contribution in [0.2, 0.25) is 5.02 Å². The SMILES string of the molecule is Cc1ccnc(-n2c(C)cc(C3C(c4ccccn4)NC(=S)N3c3cc(Cl)ccc3O)c2C)c1. The molecule has 0 aliphatic carbocycles. The summed E-state index contributed by atoms with van der Waals surface area (Å²) in [5.41, 5.74) is 5.70. The van der Waals surface area contributed by atoms with Gasteiger partial charge in [0.2, 0.25) is 0 Å². The standard InChI is InChI=1S/C26H24ClN5OS/c1-15-9-11-29-23(12-15)31-16(2)13-19(17(31)3)25-24(20-6-4-5-10-28-20)30-26(34)32(25)21-14-18(27)7-8-22(21)33/h4-14,24-25,33H,1-3H3,(H,30,34).